The number of anilines is 1. The van der Waals surface area contributed by atoms with Gasteiger partial charge in [0.25, 0.3) is 5.91 Å². The minimum absolute atomic E-state index is 0.160. The summed E-state index contributed by atoms with van der Waals surface area (Å²) in [7, 11) is 1.78. The van der Waals surface area contributed by atoms with Crippen LogP contribution in [0.25, 0.3) is 0 Å². The van der Waals surface area contributed by atoms with Crippen molar-refractivity contribution in [2.45, 2.75) is 63.8 Å². The Morgan fingerprint density at radius 3 is 2.52 bits per heavy atom. The van der Waals surface area contributed by atoms with Crippen molar-refractivity contribution in [3.05, 3.63) is 11.3 Å². The van der Waals surface area contributed by atoms with E-state index in [1.165, 1.54) is 4.90 Å². The van der Waals surface area contributed by atoms with Crippen molar-refractivity contribution < 1.29 is 14.4 Å². The lowest BCUT2D eigenvalue weighted by atomic mass is 9.60. The minimum atomic E-state index is -0.910. The fraction of sp³-hybridized carbons (Fsp3) is 0.667. The van der Waals surface area contributed by atoms with Gasteiger partial charge in [-0.1, -0.05) is 6.92 Å². The number of fused-ring (bicyclic) bond motifs is 3. The molecule has 7 nitrogen and oxygen atoms in total. The third kappa shape index (κ3) is 2.10. The number of Topliss-reactive ketones (excluding diaryl/α,β-unsaturated/α-hetero) is 1. The summed E-state index contributed by atoms with van der Waals surface area (Å²) in [4.78, 5) is 38.3. The van der Waals surface area contributed by atoms with E-state index < -0.39 is 11.6 Å². The van der Waals surface area contributed by atoms with Crippen LogP contribution in [-0.4, -0.2) is 33.0 Å². The van der Waals surface area contributed by atoms with Gasteiger partial charge in [0, 0.05) is 30.9 Å². The number of aryl methyl sites for hydroxylation is 1. The van der Waals surface area contributed by atoms with Gasteiger partial charge in [-0.25, -0.2) is 9.69 Å². The first kappa shape index (κ1) is 16.3. The number of hydrogen-bond acceptors (Lipinski definition) is 4. The fourth-order valence-corrected chi connectivity index (χ4v) is 4.72. The highest BCUT2D eigenvalue weighted by Gasteiger charge is 2.51. The molecule has 7 heteroatoms. The van der Waals surface area contributed by atoms with Crippen molar-refractivity contribution in [3.8, 4) is 0 Å². The first-order valence-electron chi connectivity index (χ1n) is 8.90. The fourth-order valence-electron chi connectivity index (χ4n) is 4.72. The molecule has 0 bridgehead atoms. The molecule has 1 N–H and O–H groups in total. The number of aromatic nitrogens is 2. The summed E-state index contributed by atoms with van der Waals surface area (Å²) in [5.41, 5.74) is 0.870. The Morgan fingerprint density at radius 1 is 1.16 bits per heavy atom. The van der Waals surface area contributed by atoms with Crippen molar-refractivity contribution in [1.29, 1.82) is 0 Å². The number of nitrogens with one attached hydrogen (secondary N) is 1. The number of carbonyl (C=O) groups excluding carboxylic acids is 3. The molecule has 2 aliphatic carbocycles. The summed E-state index contributed by atoms with van der Waals surface area (Å²) in [6.07, 6.45) is 3.60. The Balaban J connectivity index is 1.82. The van der Waals surface area contributed by atoms with Crippen molar-refractivity contribution in [1.82, 2.24) is 15.1 Å². The molecule has 134 valence electrons. The number of rotatable bonds is 1. The Labute approximate surface area is 146 Å². The standard InChI is InChI=1S/C18H24N4O3/c1-17(2)15(24)22(16(25)19-17)14-12-6-5-10-9-11(23)7-8-18(10,3)13(12)20-21(14)4/h10H,5-9H2,1-4H3,(H,19,25). The van der Waals surface area contributed by atoms with Crippen molar-refractivity contribution in [2.75, 3.05) is 4.90 Å². The van der Waals surface area contributed by atoms with Gasteiger partial charge >= 0.3 is 6.03 Å². The number of carbonyl (C=O) groups is 3. The Hall–Kier alpha value is -2.18. The molecule has 2 unspecified atom stereocenters. The average Bonchev–Trinajstić information content (AvgIpc) is 2.95. The van der Waals surface area contributed by atoms with Crippen LogP contribution in [0.5, 0.6) is 0 Å². The normalized spacial score (nSPS) is 31.0. The van der Waals surface area contributed by atoms with Crippen LogP contribution >= 0.6 is 0 Å². The highest BCUT2D eigenvalue weighted by Crippen LogP contribution is 2.50. The van der Waals surface area contributed by atoms with Crippen LogP contribution in [0.2, 0.25) is 0 Å². The molecule has 3 amide bonds. The summed E-state index contributed by atoms with van der Waals surface area (Å²) < 4.78 is 1.66. The zero-order valence-corrected chi connectivity index (χ0v) is 15.2. The van der Waals surface area contributed by atoms with Gasteiger partial charge in [-0.15, -0.1) is 0 Å². The SMILES string of the molecule is Cn1nc2c(c1N1C(=O)NC(C)(C)C1=O)CCC1CC(=O)CCC21C. The number of amides is 3. The first-order chi connectivity index (χ1) is 11.6. The van der Waals surface area contributed by atoms with Gasteiger partial charge in [-0.3, -0.25) is 14.3 Å². The molecule has 2 fully saturated rings. The van der Waals surface area contributed by atoms with E-state index in [1.807, 2.05) is 0 Å². The molecule has 2 heterocycles. The van der Waals surface area contributed by atoms with Crippen LogP contribution in [0.3, 0.4) is 0 Å². The number of imide groups is 1. The molecular weight excluding hydrogens is 320 g/mol. The summed E-state index contributed by atoms with van der Waals surface area (Å²) >= 11 is 0. The Morgan fingerprint density at radius 2 is 1.88 bits per heavy atom. The van der Waals surface area contributed by atoms with Crippen LogP contribution in [0, 0.1) is 5.92 Å². The summed E-state index contributed by atoms with van der Waals surface area (Å²) in [5.74, 6) is 0.954. The molecule has 1 aromatic heterocycles. The van der Waals surface area contributed by atoms with Crippen LogP contribution in [0.4, 0.5) is 10.6 Å². The number of ketones is 1. The summed E-state index contributed by atoms with van der Waals surface area (Å²) in [6.45, 7) is 5.59. The van der Waals surface area contributed by atoms with Gasteiger partial charge in [0.05, 0.1) is 5.69 Å². The molecule has 0 aromatic carbocycles. The highest BCUT2D eigenvalue weighted by molar-refractivity contribution is 6.23. The summed E-state index contributed by atoms with van der Waals surface area (Å²) in [5, 5.41) is 7.46. The predicted molar refractivity (Wildman–Crippen MR) is 91.3 cm³/mol. The third-order valence-corrected chi connectivity index (χ3v) is 6.27. The molecule has 4 rings (SSSR count). The molecular formula is C18H24N4O3. The second kappa shape index (κ2) is 4.93. The van der Waals surface area contributed by atoms with E-state index in [0.29, 0.717) is 30.4 Å². The Bertz CT molecular complexity index is 809. The maximum Gasteiger partial charge on any atom is 0.330 e. The second-order valence-electron chi connectivity index (χ2n) is 8.37. The zero-order chi connectivity index (χ0) is 18.1. The van der Waals surface area contributed by atoms with E-state index in [4.69, 9.17) is 5.10 Å². The van der Waals surface area contributed by atoms with Gasteiger partial charge in [-0.2, -0.15) is 5.10 Å². The molecule has 3 aliphatic rings. The number of urea groups is 1. The molecule has 0 radical (unpaired) electrons. The van der Waals surface area contributed by atoms with Crippen LogP contribution < -0.4 is 10.2 Å². The lowest BCUT2D eigenvalue weighted by molar-refractivity contribution is -0.123. The smallest absolute Gasteiger partial charge is 0.323 e. The van der Waals surface area contributed by atoms with E-state index >= 15 is 0 Å². The quantitative estimate of drug-likeness (QED) is 0.788. The maximum absolute atomic E-state index is 12.7. The number of nitrogens with zero attached hydrogens (tertiary/aromatic N) is 3. The number of hydrogen-bond donors (Lipinski definition) is 1. The first-order valence-corrected chi connectivity index (χ1v) is 8.90. The monoisotopic (exact) mass is 344 g/mol. The summed E-state index contributed by atoms with van der Waals surface area (Å²) in [6, 6.07) is -0.396. The topological polar surface area (TPSA) is 84.3 Å². The van der Waals surface area contributed by atoms with Crippen molar-refractivity contribution >= 4 is 23.5 Å². The highest BCUT2D eigenvalue weighted by atomic mass is 16.2. The molecule has 0 spiro atoms. The predicted octanol–water partition coefficient (Wildman–Crippen LogP) is 1.83. The molecule has 1 saturated carbocycles. The molecule has 25 heavy (non-hydrogen) atoms. The largest absolute Gasteiger partial charge is 0.330 e. The van der Waals surface area contributed by atoms with Gasteiger partial charge in [0.2, 0.25) is 0 Å². The van der Waals surface area contributed by atoms with Crippen molar-refractivity contribution in [3.63, 3.8) is 0 Å². The van der Waals surface area contributed by atoms with Crippen LogP contribution in [-0.2, 0) is 28.5 Å². The molecule has 2 atom stereocenters. The molecule has 1 aromatic rings. The second-order valence-corrected chi connectivity index (χ2v) is 8.37. The minimum Gasteiger partial charge on any atom is -0.323 e. The van der Waals surface area contributed by atoms with E-state index in [0.717, 1.165) is 30.5 Å². The molecule has 1 aliphatic heterocycles. The Kier molecular flexibility index (Phi) is 3.21. The van der Waals surface area contributed by atoms with Gasteiger partial charge < -0.3 is 5.32 Å². The van der Waals surface area contributed by atoms with Crippen LogP contribution in [0.15, 0.2) is 0 Å². The lowest BCUT2D eigenvalue weighted by Crippen LogP contribution is -2.42. The van der Waals surface area contributed by atoms with Crippen molar-refractivity contribution in [2.24, 2.45) is 13.0 Å². The van der Waals surface area contributed by atoms with E-state index in [2.05, 4.69) is 12.2 Å². The van der Waals surface area contributed by atoms with Gasteiger partial charge in [-0.05, 0) is 39.0 Å². The lowest BCUT2D eigenvalue weighted by Gasteiger charge is -2.43. The zero-order valence-electron chi connectivity index (χ0n) is 15.2. The van der Waals surface area contributed by atoms with Gasteiger partial charge in [0.1, 0.15) is 17.1 Å². The van der Waals surface area contributed by atoms with E-state index in [1.54, 1.807) is 25.6 Å². The van der Waals surface area contributed by atoms with E-state index in [9.17, 15) is 14.4 Å². The third-order valence-electron chi connectivity index (χ3n) is 6.27. The van der Waals surface area contributed by atoms with Crippen LogP contribution in [0.1, 0.15) is 57.7 Å². The van der Waals surface area contributed by atoms with E-state index in [-0.39, 0.29) is 11.3 Å². The molecule has 1 saturated heterocycles. The van der Waals surface area contributed by atoms with Gasteiger partial charge in [0.15, 0.2) is 0 Å². The maximum atomic E-state index is 12.7. The average molecular weight is 344 g/mol.